The predicted octanol–water partition coefficient (Wildman–Crippen LogP) is 2.91. The molecule has 4 nitrogen and oxygen atoms in total. The lowest BCUT2D eigenvalue weighted by Gasteiger charge is -2.80. The van der Waals surface area contributed by atoms with Gasteiger partial charge in [0.15, 0.2) is 0 Å². The van der Waals surface area contributed by atoms with Gasteiger partial charge < -0.3 is 14.6 Å². The smallest absolute Gasteiger partial charge is 0.119 e. The van der Waals surface area contributed by atoms with Crippen molar-refractivity contribution in [2.24, 2.45) is 34.0 Å². The number of hydrogen-bond acceptors (Lipinski definition) is 4. The number of piperidine rings is 1. The Bertz CT molecular complexity index is 710. The second kappa shape index (κ2) is 4.42. The molecule has 4 heterocycles. The summed E-state index contributed by atoms with van der Waals surface area (Å²) in [5.74, 6) is 1.84. The molecule has 2 unspecified atom stereocenters. The van der Waals surface area contributed by atoms with Crippen LogP contribution in [0.5, 0.6) is 0 Å². The molecular weight excluding hydrogens is 326 g/mol. The molecule has 9 aliphatic rings. The molecule has 0 aromatic heterocycles. The van der Waals surface area contributed by atoms with E-state index in [0.29, 0.717) is 17.8 Å². The number of ether oxygens (including phenoxy) is 2. The van der Waals surface area contributed by atoms with Crippen LogP contribution in [0.25, 0.3) is 0 Å². The van der Waals surface area contributed by atoms with Crippen molar-refractivity contribution < 1.29 is 14.6 Å². The largest absolute Gasteiger partial charge is 0.388 e. The Balaban J connectivity index is 1.45. The van der Waals surface area contributed by atoms with E-state index in [1.54, 1.807) is 0 Å². The zero-order chi connectivity index (χ0) is 17.5. The summed E-state index contributed by atoms with van der Waals surface area (Å²) in [7, 11) is 0. The van der Waals surface area contributed by atoms with E-state index in [1.807, 2.05) is 0 Å². The molecule has 5 aliphatic carbocycles. The van der Waals surface area contributed by atoms with Gasteiger partial charge in [0.2, 0.25) is 0 Å². The quantitative estimate of drug-likeness (QED) is 0.677. The topological polar surface area (TPSA) is 41.9 Å². The Morgan fingerprint density at radius 2 is 2.00 bits per heavy atom. The first-order valence-electron chi connectivity index (χ1n) is 10.9. The summed E-state index contributed by atoms with van der Waals surface area (Å²) in [6, 6.07) is 0. The summed E-state index contributed by atoms with van der Waals surface area (Å²) in [6.45, 7) is 8.71. The van der Waals surface area contributed by atoms with Gasteiger partial charge in [-0.15, -0.1) is 0 Å². The van der Waals surface area contributed by atoms with Crippen LogP contribution in [-0.4, -0.2) is 47.8 Å². The molecule has 5 saturated carbocycles. The van der Waals surface area contributed by atoms with Crippen molar-refractivity contribution in [1.29, 1.82) is 0 Å². The maximum Gasteiger partial charge on any atom is 0.119 e. The van der Waals surface area contributed by atoms with Crippen molar-refractivity contribution in [1.82, 2.24) is 4.90 Å². The van der Waals surface area contributed by atoms with Gasteiger partial charge in [-0.1, -0.05) is 19.9 Å². The van der Waals surface area contributed by atoms with Gasteiger partial charge in [-0.3, -0.25) is 0 Å². The molecule has 4 saturated heterocycles. The molecular formula is C22H31NO3. The molecule has 142 valence electrons. The molecule has 1 N–H and O–H groups in total. The van der Waals surface area contributed by atoms with E-state index in [-0.39, 0.29) is 40.9 Å². The summed E-state index contributed by atoms with van der Waals surface area (Å²) in [5.41, 5.74) is 1.55. The van der Waals surface area contributed by atoms with Gasteiger partial charge in [0.25, 0.3) is 0 Å². The fourth-order valence-corrected chi connectivity index (χ4v) is 9.72. The number of hydrogen-bond donors (Lipinski definition) is 1. The molecule has 0 amide bonds. The summed E-state index contributed by atoms with van der Waals surface area (Å²) >= 11 is 0. The number of nitrogens with zero attached hydrogens (tertiary/aromatic N) is 1. The number of fused-ring (bicyclic) bond motifs is 4. The Kier molecular flexibility index (Phi) is 2.64. The van der Waals surface area contributed by atoms with Crippen molar-refractivity contribution in [2.75, 3.05) is 13.2 Å². The molecule has 9 fully saturated rings. The first kappa shape index (κ1) is 15.5. The average Bonchev–Trinajstić information content (AvgIpc) is 3.14. The highest BCUT2D eigenvalue weighted by Crippen LogP contribution is 2.79. The highest BCUT2D eigenvalue weighted by Gasteiger charge is 2.80. The van der Waals surface area contributed by atoms with Crippen LogP contribution in [0.15, 0.2) is 12.2 Å². The minimum atomic E-state index is -0.345. The van der Waals surface area contributed by atoms with E-state index in [4.69, 9.17) is 9.47 Å². The van der Waals surface area contributed by atoms with Gasteiger partial charge in [-0.05, 0) is 61.9 Å². The lowest BCUT2D eigenvalue weighted by Crippen LogP contribution is -2.83. The van der Waals surface area contributed by atoms with Crippen LogP contribution < -0.4 is 0 Å². The molecule has 4 heteroatoms. The fraction of sp³-hybridized carbons (Fsp3) is 0.909. The van der Waals surface area contributed by atoms with E-state index in [9.17, 15) is 5.11 Å². The van der Waals surface area contributed by atoms with Crippen LogP contribution in [0.1, 0.15) is 51.9 Å². The monoisotopic (exact) mass is 357 g/mol. The van der Waals surface area contributed by atoms with E-state index < -0.39 is 0 Å². The molecule has 0 aromatic carbocycles. The van der Waals surface area contributed by atoms with Crippen molar-refractivity contribution in [3.63, 3.8) is 0 Å². The number of rotatable bonds is 0. The first-order valence-corrected chi connectivity index (χ1v) is 10.9. The molecule has 26 heavy (non-hydrogen) atoms. The summed E-state index contributed by atoms with van der Waals surface area (Å²) < 4.78 is 13.2. The standard InChI is InChI=1S/C22H31NO3/c1-12-13-4-7-22(17(12)24)15(10-13)21-6-3-5-20(2)14(21)11-16(22)26-19(21)23-8-9-25-18(20)23/h13-19,24H,1,3-11H2,2H3/t13-,14+,15-,16+,17-,18?,19?,20+,21-,22+/m0/s1. The van der Waals surface area contributed by atoms with Crippen LogP contribution in [0.2, 0.25) is 0 Å². The average molecular weight is 357 g/mol. The maximum absolute atomic E-state index is 11.4. The molecule has 7 bridgehead atoms. The highest BCUT2D eigenvalue weighted by atomic mass is 16.6. The van der Waals surface area contributed by atoms with Gasteiger partial charge in [0, 0.05) is 22.8 Å². The van der Waals surface area contributed by atoms with Gasteiger partial charge in [0.05, 0.1) is 18.8 Å². The second-order valence-electron chi connectivity index (χ2n) is 10.8. The zero-order valence-electron chi connectivity index (χ0n) is 15.8. The summed E-state index contributed by atoms with van der Waals surface area (Å²) in [4.78, 5) is 2.60. The van der Waals surface area contributed by atoms with Crippen LogP contribution in [-0.2, 0) is 9.47 Å². The van der Waals surface area contributed by atoms with Crippen molar-refractivity contribution in [3.8, 4) is 0 Å². The van der Waals surface area contributed by atoms with Gasteiger partial charge in [-0.2, -0.15) is 0 Å². The fourth-order valence-electron chi connectivity index (χ4n) is 9.72. The highest BCUT2D eigenvalue weighted by molar-refractivity contribution is 5.32. The lowest BCUT2D eigenvalue weighted by molar-refractivity contribution is -0.422. The van der Waals surface area contributed by atoms with E-state index in [2.05, 4.69) is 18.4 Å². The zero-order valence-corrected chi connectivity index (χ0v) is 15.8. The van der Waals surface area contributed by atoms with E-state index in [0.717, 1.165) is 31.6 Å². The molecule has 4 aliphatic heterocycles. The van der Waals surface area contributed by atoms with Gasteiger partial charge in [0.1, 0.15) is 12.5 Å². The first-order chi connectivity index (χ1) is 12.5. The Morgan fingerprint density at radius 1 is 1.12 bits per heavy atom. The van der Waals surface area contributed by atoms with Crippen LogP contribution in [0.3, 0.4) is 0 Å². The molecule has 0 radical (unpaired) electrons. The predicted molar refractivity (Wildman–Crippen MR) is 96.0 cm³/mol. The van der Waals surface area contributed by atoms with Crippen molar-refractivity contribution in [2.45, 2.75) is 76.5 Å². The molecule has 0 aromatic rings. The molecule has 2 spiro atoms. The third kappa shape index (κ3) is 1.32. The van der Waals surface area contributed by atoms with Crippen LogP contribution in [0, 0.1) is 34.0 Å². The second-order valence-corrected chi connectivity index (χ2v) is 10.8. The SMILES string of the molecule is C=C1[C@H]2CC[C@@]3([C@H]4C[C@H]5[C@@]6(CCC[C@@]5(C)C5OCCN5C6O4)[C@@H]3C2)[C@H]1O. The van der Waals surface area contributed by atoms with E-state index in [1.165, 1.54) is 32.1 Å². The van der Waals surface area contributed by atoms with Crippen molar-refractivity contribution >= 4 is 0 Å². The van der Waals surface area contributed by atoms with Crippen LogP contribution in [0.4, 0.5) is 0 Å². The van der Waals surface area contributed by atoms with Crippen LogP contribution >= 0.6 is 0 Å². The normalized spacial score (nSPS) is 65.2. The minimum absolute atomic E-state index is 0.0511. The Morgan fingerprint density at radius 3 is 2.88 bits per heavy atom. The third-order valence-electron chi connectivity index (χ3n) is 10.5. The summed E-state index contributed by atoms with van der Waals surface area (Å²) in [6.07, 6.45) is 8.94. The lowest BCUT2D eigenvalue weighted by atomic mass is 9.32. The number of aliphatic hydroxyl groups is 1. The summed E-state index contributed by atoms with van der Waals surface area (Å²) in [5, 5.41) is 11.4. The van der Waals surface area contributed by atoms with Crippen molar-refractivity contribution in [3.05, 3.63) is 12.2 Å². The molecule has 9 rings (SSSR count). The third-order valence-corrected chi connectivity index (χ3v) is 10.5. The van der Waals surface area contributed by atoms with Gasteiger partial charge in [-0.25, -0.2) is 4.90 Å². The number of aliphatic hydroxyl groups excluding tert-OH is 1. The van der Waals surface area contributed by atoms with Gasteiger partial charge >= 0.3 is 0 Å². The molecule has 10 atom stereocenters. The maximum atomic E-state index is 11.4. The Labute approximate surface area is 155 Å². The minimum Gasteiger partial charge on any atom is -0.388 e. The van der Waals surface area contributed by atoms with E-state index >= 15 is 0 Å². The Hall–Kier alpha value is -0.420.